The molecule has 108 valence electrons. The van der Waals surface area contributed by atoms with Crippen molar-refractivity contribution >= 4 is 11.5 Å². The molecule has 0 saturated carbocycles. The second kappa shape index (κ2) is 5.79. The molecule has 5 heteroatoms. The third kappa shape index (κ3) is 2.93. The van der Waals surface area contributed by atoms with Crippen LogP contribution in [-0.2, 0) is 0 Å². The van der Waals surface area contributed by atoms with E-state index in [1.807, 2.05) is 10.6 Å². The molecule has 2 aromatic heterocycles. The number of aromatic nitrogens is 3. The van der Waals surface area contributed by atoms with Gasteiger partial charge >= 0.3 is 0 Å². The van der Waals surface area contributed by atoms with Gasteiger partial charge in [0.1, 0.15) is 12.1 Å². The highest BCUT2D eigenvalue weighted by atomic mass is 15.3. The third-order valence-electron chi connectivity index (χ3n) is 4.13. The van der Waals surface area contributed by atoms with Gasteiger partial charge in [-0.2, -0.15) is 9.61 Å². The van der Waals surface area contributed by atoms with E-state index in [1.54, 1.807) is 6.33 Å². The highest BCUT2D eigenvalue weighted by molar-refractivity contribution is 5.51. The van der Waals surface area contributed by atoms with Crippen molar-refractivity contribution < 1.29 is 0 Å². The molecular weight excluding hydrogens is 250 g/mol. The highest BCUT2D eigenvalue weighted by Gasteiger charge is 2.15. The first-order chi connectivity index (χ1) is 9.72. The summed E-state index contributed by atoms with van der Waals surface area (Å²) in [6, 6.07) is 4.17. The predicted octanol–water partition coefficient (Wildman–Crippen LogP) is 2.18. The summed E-state index contributed by atoms with van der Waals surface area (Å²) in [7, 11) is 0. The average Bonchev–Trinajstić information content (AvgIpc) is 2.89. The van der Waals surface area contributed by atoms with Gasteiger partial charge in [0.2, 0.25) is 0 Å². The largest absolute Gasteiger partial charge is 0.369 e. The molecular formula is C15H23N5. The quantitative estimate of drug-likeness (QED) is 0.927. The van der Waals surface area contributed by atoms with Gasteiger partial charge in [0.15, 0.2) is 5.65 Å². The van der Waals surface area contributed by atoms with Gasteiger partial charge in [-0.1, -0.05) is 6.92 Å². The van der Waals surface area contributed by atoms with E-state index in [1.165, 1.54) is 31.5 Å². The Hall–Kier alpha value is -1.62. The summed E-state index contributed by atoms with van der Waals surface area (Å²) in [4.78, 5) is 6.79. The van der Waals surface area contributed by atoms with Gasteiger partial charge in [-0.25, -0.2) is 4.98 Å². The summed E-state index contributed by atoms with van der Waals surface area (Å²) >= 11 is 0. The Kier molecular flexibility index (Phi) is 3.87. The van der Waals surface area contributed by atoms with Crippen LogP contribution in [0.15, 0.2) is 18.5 Å². The van der Waals surface area contributed by atoms with Gasteiger partial charge < -0.3 is 10.2 Å². The number of likely N-dealkylation sites (tertiary alicyclic amines) is 1. The number of pyridine rings is 1. The van der Waals surface area contributed by atoms with Crippen LogP contribution in [0.5, 0.6) is 0 Å². The van der Waals surface area contributed by atoms with Gasteiger partial charge in [-0.05, 0) is 56.5 Å². The standard InChI is InChI=1S/C15H23N5/c1-12-3-6-19(7-4-12)8-5-16-14-9-13(2)10-15-17-11-18-20(14)15/h9-12,16H,3-8H2,1-2H3. The van der Waals surface area contributed by atoms with Gasteiger partial charge in [0.25, 0.3) is 0 Å². The van der Waals surface area contributed by atoms with Crippen molar-refractivity contribution in [2.75, 3.05) is 31.5 Å². The van der Waals surface area contributed by atoms with Crippen LogP contribution in [0.2, 0.25) is 0 Å². The lowest BCUT2D eigenvalue weighted by Gasteiger charge is -2.30. The lowest BCUT2D eigenvalue weighted by Crippen LogP contribution is -2.36. The fourth-order valence-corrected chi connectivity index (χ4v) is 2.81. The number of nitrogens with one attached hydrogen (secondary N) is 1. The van der Waals surface area contributed by atoms with Crippen molar-refractivity contribution in [2.45, 2.75) is 26.7 Å². The number of fused-ring (bicyclic) bond motifs is 1. The van der Waals surface area contributed by atoms with Crippen molar-refractivity contribution in [2.24, 2.45) is 5.92 Å². The summed E-state index contributed by atoms with van der Waals surface area (Å²) < 4.78 is 1.87. The van der Waals surface area contributed by atoms with E-state index in [-0.39, 0.29) is 0 Å². The lowest BCUT2D eigenvalue weighted by molar-refractivity contribution is 0.199. The van der Waals surface area contributed by atoms with Crippen LogP contribution in [-0.4, -0.2) is 45.7 Å². The van der Waals surface area contributed by atoms with Gasteiger partial charge in [0, 0.05) is 13.1 Å². The Balaban J connectivity index is 1.58. The number of rotatable bonds is 4. The number of hydrogen-bond donors (Lipinski definition) is 1. The fourth-order valence-electron chi connectivity index (χ4n) is 2.81. The van der Waals surface area contributed by atoms with E-state index in [4.69, 9.17) is 0 Å². The molecule has 20 heavy (non-hydrogen) atoms. The zero-order valence-corrected chi connectivity index (χ0v) is 12.3. The second-order valence-corrected chi connectivity index (χ2v) is 5.90. The van der Waals surface area contributed by atoms with E-state index in [0.29, 0.717) is 0 Å². The molecule has 0 radical (unpaired) electrons. The van der Waals surface area contributed by atoms with Gasteiger partial charge in [0.05, 0.1) is 0 Å². The molecule has 3 rings (SSSR count). The molecule has 5 nitrogen and oxygen atoms in total. The van der Waals surface area contributed by atoms with Crippen LogP contribution in [0.3, 0.4) is 0 Å². The first-order valence-electron chi connectivity index (χ1n) is 7.49. The Morgan fingerprint density at radius 1 is 1.30 bits per heavy atom. The zero-order valence-electron chi connectivity index (χ0n) is 12.3. The molecule has 0 bridgehead atoms. The smallest absolute Gasteiger partial charge is 0.157 e. The monoisotopic (exact) mass is 273 g/mol. The molecule has 1 N–H and O–H groups in total. The first-order valence-corrected chi connectivity index (χ1v) is 7.49. The van der Waals surface area contributed by atoms with Crippen molar-refractivity contribution in [1.29, 1.82) is 0 Å². The summed E-state index contributed by atoms with van der Waals surface area (Å²) in [5.41, 5.74) is 2.11. The summed E-state index contributed by atoms with van der Waals surface area (Å²) in [5.74, 6) is 1.92. The van der Waals surface area contributed by atoms with E-state index >= 15 is 0 Å². The maximum absolute atomic E-state index is 4.26. The van der Waals surface area contributed by atoms with Crippen LogP contribution in [0.1, 0.15) is 25.3 Å². The summed E-state index contributed by atoms with van der Waals surface area (Å²) in [6.07, 6.45) is 4.27. The minimum absolute atomic E-state index is 0.894. The topological polar surface area (TPSA) is 45.5 Å². The number of anilines is 1. The highest BCUT2D eigenvalue weighted by Crippen LogP contribution is 2.16. The Labute approximate surface area is 120 Å². The maximum Gasteiger partial charge on any atom is 0.157 e. The van der Waals surface area contributed by atoms with Crippen LogP contribution < -0.4 is 5.32 Å². The van der Waals surface area contributed by atoms with Gasteiger partial charge in [-0.15, -0.1) is 0 Å². The van der Waals surface area contributed by atoms with Crippen molar-refractivity contribution in [3.63, 3.8) is 0 Å². The minimum Gasteiger partial charge on any atom is -0.369 e. The summed E-state index contributed by atoms with van der Waals surface area (Å²) in [5, 5.41) is 7.76. The first kappa shape index (κ1) is 13.4. The molecule has 1 aliphatic rings. The van der Waals surface area contributed by atoms with Crippen LogP contribution in [0.4, 0.5) is 5.82 Å². The van der Waals surface area contributed by atoms with Crippen molar-refractivity contribution in [1.82, 2.24) is 19.5 Å². The molecule has 2 aromatic rings. The van der Waals surface area contributed by atoms with Crippen LogP contribution in [0, 0.1) is 12.8 Å². The third-order valence-corrected chi connectivity index (χ3v) is 4.13. The molecule has 0 aliphatic carbocycles. The number of hydrogen-bond acceptors (Lipinski definition) is 4. The molecule has 0 atom stereocenters. The van der Waals surface area contributed by atoms with E-state index < -0.39 is 0 Å². The lowest BCUT2D eigenvalue weighted by atomic mass is 9.99. The molecule has 1 fully saturated rings. The van der Waals surface area contributed by atoms with E-state index in [9.17, 15) is 0 Å². The average molecular weight is 273 g/mol. The van der Waals surface area contributed by atoms with Crippen LogP contribution >= 0.6 is 0 Å². The van der Waals surface area contributed by atoms with E-state index in [2.05, 4.69) is 40.2 Å². The predicted molar refractivity (Wildman–Crippen MR) is 81.1 cm³/mol. The molecule has 0 unspecified atom stereocenters. The number of piperidine rings is 1. The Morgan fingerprint density at radius 3 is 2.90 bits per heavy atom. The van der Waals surface area contributed by atoms with Crippen molar-refractivity contribution in [3.8, 4) is 0 Å². The fraction of sp³-hybridized carbons (Fsp3) is 0.600. The zero-order chi connectivity index (χ0) is 13.9. The molecule has 0 aromatic carbocycles. The summed E-state index contributed by atoms with van der Waals surface area (Å²) in [6.45, 7) is 8.95. The van der Waals surface area contributed by atoms with E-state index in [0.717, 1.165) is 30.5 Å². The second-order valence-electron chi connectivity index (χ2n) is 5.90. The van der Waals surface area contributed by atoms with Crippen LogP contribution in [0.25, 0.3) is 5.65 Å². The molecule has 0 spiro atoms. The van der Waals surface area contributed by atoms with Gasteiger partial charge in [-0.3, -0.25) is 0 Å². The molecule has 0 amide bonds. The maximum atomic E-state index is 4.26. The number of aryl methyl sites for hydroxylation is 1. The molecule has 1 saturated heterocycles. The molecule has 3 heterocycles. The van der Waals surface area contributed by atoms with Crippen molar-refractivity contribution in [3.05, 3.63) is 24.0 Å². The Morgan fingerprint density at radius 2 is 2.10 bits per heavy atom. The molecule has 1 aliphatic heterocycles. The Bertz CT molecular complexity index is 569. The normalized spacial score (nSPS) is 17.7. The number of nitrogens with zero attached hydrogens (tertiary/aromatic N) is 4. The minimum atomic E-state index is 0.894. The SMILES string of the molecule is Cc1cc(NCCN2CCC(C)CC2)n2ncnc2c1.